The molecule has 0 amide bonds. The van der Waals surface area contributed by atoms with Gasteiger partial charge in [0.15, 0.2) is 5.96 Å². The lowest BCUT2D eigenvalue weighted by atomic mass is 9.89. The molecule has 1 aromatic rings. The topological polar surface area (TPSA) is 64.1 Å². The molecule has 0 bridgehead atoms. The molecule has 1 aliphatic rings. The molecule has 1 heterocycles. The minimum Gasteiger partial charge on any atom is -0.497 e. The Morgan fingerprint density at radius 2 is 2.00 bits per heavy atom. The Hall–Kier alpha value is -1.22. The lowest BCUT2D eigenvalue weighted by Crippen LogP contribution is -2.51. The van der Waals surface area contributed by atoms with Gasteiger partial charge in [0.1, 0.15) is 11.5 Å². The van der Waals surface area contributed by atoms with Crippen molar-refractivity contribution in [1.82, 2.24) is 10.6 Å². The maximum absolute atomic E-state index is 5.41. The Morgan fingerprint density at radius 1 is 1.25 bits per heavy atom. The van der Waals surface area contributed by atoms with Crippen LogP contribution in [0.3, 0.4) is 0 Å². The molecule has 6 nitrogen and oxygen atoms in total. The van der Waals surface area contributed by atoms with Crippen LogP contribution in [0.4, 0.5) is 0 Å². The van der Waals surface area contributed by atoms with Crippen LogP contribution in [0.1, 0.15) is 19.4 Å². The molecular formula is C17H28IN3O3. The Labute approximate surface area is 161 Å². The molecule has 0 aliphatic carbocycles. The first-order chi connectivity index (χ1) is 11.1. The molecule has 1 aliphatic heterocycles. The van der Waals surface area contributed by atoms with Crippen LogP contribution in [0.25, 0.3) is 0 Å². The van der Waals surface area contributed by atoms with Crippen molar-refractivity contribution in [1.29, 1.82) is 0 Å². The summed E-state index contributed by atoms with van der Waals surface area (Å²) in [5.41, 5.74) is 1.22. The van der Waals surface area contributed by atoms with Gasteiger partial charge in [0.05, 0.1) is 34.0 Å². The lowest BCUT2D eigenvalue weighted by Gasteiger charge is -2.38. The first-order valence-electron chi connectivity index (χ1n) is 7.91. The molecule has 1 fully saturated rings. The van der Waals surface area contributed by atoms with Crippen LogP contribution in [0.2, 0.25) is 0 Å². The highest BCUT2D eigenvalue weighted by Crippen LogP contribution is 2.26. The van der Waals surface area contributed by atoms with Crippen LogP contribution in [0, 0.1) is 5.41 Å². The molecule has 2 N–H and O–H groups in total. The van der Waals surface area contributed by atoms with E-state index in [4.69, 9.17) is 14.2 Å². The van der Waals surface area contributed by atoms with Crippen molar-refractivity contribution in [2.75, 3.05) is 40.5 Å². The van der Waals surface area contributed by atoms with E-state index in [2.05, 4.69) is 29.5 Å². The predicted molar refractivity (Wildman–Crippen MR) is 107 cm³/mol. The molecule has 24 heavy (non-hydrogen) atoms. The van der Waals surface area contributed by atoms with E-state index < -0.39 is 0 Å². The van der Waals surface area contributed by atoms with E-state index >= 15 is 0 Å². The van der Waals surface area contributed by atoms with Crippen molar-refractivity contribution in [2.45, 2.75) is 20.4 Å². The summed E-state index contributed by atoms with van der Waals surface area (Å²) in [6.07, 6.45) is 0. The molecular weight excluding hydrogens is 421 g/mol. The van der Waals surface area contributed by atoms with Gasteiger partial charge in [0.25, 0.3) is 0 Å². The first kappa shape index (κ1) is 20.8. The summed E-state index contributed by atoms with van der Waals surface area (Å²) in [5.74, 6) is 2.36. The number of hydrogen-bond donors (Lipinski definition) is 2. The number of benzene rings is 1. The summed E-state index contributed by atoms with van der Waals surface area (Å²) in [7, 11) is 3.30. The monoisotopic (exact) mass is 449 g/mol. The summed E-state index contributed by atoms with van der Waals surface area (Å²) in [4.78, 5) is 4.64. The summed E-state index contributed by atoms with van der Waals surface area (Å²) in [5, 5.41) is 6.65. The zero-order valence-electron chi connectivity index (χ0n) is 14.8. The molecule has 7 heteroatoms. The van der Waals surface area contributed by atoms with Gasteiger partial charge in [-0.3, -0.25) is 0 Å². The third-order valence-electron chi connectivity index (χ3n) is 3.83. The van der Waals surface area contributed by atoms with Crippen LogP contribution in [-0.2, 0) is 11.3 Å². The van der Waals surface area contributed by atoms with E-state index in [1.54, 1.807) is 14.2 Å². The number of guanidine groups is 1. The largest absolute Gasteiger partial charge is 0.497 e. The first-order valence-corrected chi connectivity index (χ1v) is 7.91. The van der Waals surface area contributed by atoms with Gasteiger partial charge in [-0.25, -0.2) is 4.99 Å². The maximum atomic E-state index is 5.41. The van der Waals surface area contributed by atoms with Gasteiger partial charge in [-0.2, -0.15) is 0 Å². The molecule has 1 saturated heterocycles. The minimum absolute atomic E-state index is 0. The van der Waals surface area contributed by atoms with E-state index in [1.807, 2.05) is 18.2 Å². The van der Waals surface area contributed by atoms with Crippen molar-refractivity contribution >= 4 is 29.9 Å². The molecule has 0 aromatic heterocycles. The fourth-order valence-corrected chi connectivity index (χ4v) is 2.34. The predicted octanol–water partition coefficient (Wildman–Crippen LogP) is 2.41. The van der Waals surface area contributed by atoms with Crippen LogP contribution in [0.15, 0.2) is 23.2 Å². The summed E-state index contributed by atoms with van der Waals surface area (Å²) < 4.78 is 15.9. The number of halogens is 1. The highest BCUT2D eigenvalue weighted by atomic mass is 127. The standard InChI is InChI=1S/C17H27N3O3.HI/c1-5-18-16(20-10-17(2)11-23-12-17)19-9-13-6-7-14(21-3)8-15(13)22-4;/h6-8H,5,9-12H2,1-4H3,(H2,18,19,20);1H. The fourth-order valence-electron chi connectivity index (χ4n) is 2.34. The van der Waals surface area contributed by atoms with E-state index in [0.29, 0.717) is 6.54 Å². The van der Waals surface area contributed by atoms with Crippen LogP contribution in [-0.4, -0.2) is 46.5 Å². The fraction of sp³-hybridized carbons (Fsp3) is 0.588. The SMILES string of the molecule is CCNC(=NCc1ccc(OC)cc1OC)NCC1(C)COC1.I. The van der Waals surface area contributed by atoms with Gasteiger partial charge in [-0.15, -0.1) is 24.0 Å². The minimum atomic E-state index is 0. The molecule has 0 radical (unpaired) electrons. The number of nitrogens with zero attached hydrogens (tertiary/aromatic N) is 1. The van der Waals surface area contributed by atoms with Crippen LogP contribution in [0.5, 0.6) is 11.5 Å². The number of aliphatic imine (C=N–C) groups is 1. The number of hydrogen-bond acceptors (Lipinski definition) is 4. The summed E-state index contributed by atoms with van der Waals surface area (Å²) in [6.45, 7) is 8.06. The smallest absolute Gasteiger partial charge is 0.191 e. The Kier molecular flexibility index (Phi) is 8.61. The maximum Gasteiger partial charge on any atom is 0.191 e. The zero-order valence-corrected chi connectivity index (χ0v) is 17.2. The van der Waals surface area contributed by atoms with Gasteiger partial charge in [0, 0.05) is 30.1 Å². The van der Waals surface area contributed by atoms with Crippen molar-refractivity contribution in [2.24, 2.45) is 10.4 Å². The van der Waals surface area contributed by atoms with Gasteiger partial charge in [-0.05, 0) is 19.1 Å². The zero-order chi connectivity index (χ0) is 16.7. The van der Waals surface area contributed by atoms with Gasteiger partial charge < -0.3 is 24.8 Å². The van der Waals surface area contributed by atoms with E-state index in [9.17, 15) is 0 Å². The highest BCUT2D eigenvalue weighted by Gasteiger charge is 2.33. The average molecular weight is 449 g/mol. The Balaban J connectivity index is 0.00000288. The average Bonchev–Trinajstić information content (AvgIpc) is 2.55. The van der Waals surface area contributed by atoms with Gasteiger partial charge >= 0.3 is 0 Å². The van der Waals surface area contributed by atoms with E-state index in [0.717, 1.165) is 49.3 Å². The number of rotatable bonds is 7. The summed E-state index contributed by atoms with van der Waals surface area (Å²) in [6, 6.07) is 5.77. The van der Waals surface area contributed by atoms with Crippen molar-refractivity contribution in [3.63, 3.8) is 0 Å². The second kappa shape index (κ2) is 9.93. The molecule has 0 saturated carbocycles. The van der Waals surface area contributed by atoms with E-state index in [-0.39, 0.29) is 29.4 Å². The van der Waals surface area contributed by atoms with Gasteiger partial charge in [0.2, 0.25) is 0 Å². The molecule has 0 unspecified atom stereocenters. The van der Waals surface area contributed by atoms with E-state index in [1.165, 1.54) is 0 Å². The van der Waals surface area contributed by atoms with Gasteiger partial charge in [-0.1, -0.05) is 6.92 Å². The molecule has 136 valence electrons. The molecule has 0 atom stereocenters. The van der Waals surface area contributed by atoms with Crippen molar-refractivity contribution < 1.29 is 14.2 Å². The Bertz CT molecular complexity index is 548. The third-order valence-corrected chi connectivity index (χ3v) is 3.83. The second-order valence-corrected chi connectivity index (χ2v) is 6.03. The van der Waals surface area contributed by atoms with Crippen LogP contribution < -0.4 is 20.1 Å². The normalized spacial score (nSPS) is 15.8. The number of methoxy groups -OCH3 is 2. The molecule has 2 rings (SSSR count). The van der Waals surface area contributed by atoms with Crippen molar-refractivity contribution in [3.05, 3.63) is 23.8 Å². The second-order valence-electron chi connectivity index (χ2n) is 6.03. The molecule has 0 spiro atoms. The quantitative estimate of drug-likeness (QED) is 0.381. The highest BCUT2D eigenvalue weighted by molar-refractivity contribution is 14.0. The third kappa shape index (κ3) is 5.70. The Morgan fingerprint density at radius 3 is 2.54 bits per heavy atom. The lowest BCUT2D eigenvalue weighted by molar-refractivity contribution is -0.0971. The molecule has 1 aromatic carbocycles. The number of nitrogens with one attached hydrogen (secondary N) is 2. The van der Waals surface area contributed by atoms with Crippen LogP contribution >= 0.6 is 24.0 Å². The summed E-state index contributed by atoms with van der Waals surface area (Å²) >= 11 is 0. The number of ether oxygens (including phenoxy) is 3. The van der Waals surface area contributed by atoms with Crippen molar-refractivity contribution in [3.8, 4) is 11.5 Å².